The zero-order valence-electron chi connectivity index (χ0n) is 8.17. The van der Waals surface area contributed by atoms with Gasteiger partial charge in [-0.15, -0.1) is 0 Å². The predicted molar refractivity (Wildman–Crippen MR) is 54.3 cm³/mol. The van der Waals surface area contributed by atoms with Crippen molar-refractivity contribution in [3.63, 3.8) is 0 Å². The molecule has 0 saturated carbocycles. The molecule has 2 rings (SSSR count). The molecule has 0 amide bonds. The maximum Gasteiger partial charge on any atom is 0.131 e. The van der Waals surface area contributed by atoms with Crippen LogP contribution in [0.15, 0.2) is 36.7 Å². The van der Waals surface area contributed by atoms with Crippen LogP contribution in [0.3, 0.4) is 0 Å². The van der Waals surface area contributed by atoms with Crippen molar-refractivity contribution in [1.29, 1.82) is 0 Å². The van der Waals surface area contributed by atoms with Crippen LogP contribution in [0.4, 0.5) is 8.78 Å². The zero-order valence-corrected chi connectivity index (χ0v) is 8.17. The molecule has 0 aliphatic rings. The van der Waals surface area contributed by atoms with Crippen molar-refractivity contribution in [2.24, 2.45) is 0 Å². The molecule has 0 atom stereocenters. The lowest BCUT2D eigenvalue weighted by Crippen LogP contribution is -1.90. The van der Waals surface area contributed by atoms with Crippen LogP contribution >= 0.6 is 0 Å². The van der Waals surface area contributed by atoms with Crippen molar-refractivity contribution >= 4 is 0 Å². The minimum absolute atomic E-state index is 0.264. The molecular weight excluding hydrogens is 196 g/mol. The molecule has 0 N–H and O–H groups in total. The average Bonchev–Trinajstić information content (AvgIpc) is 2.25. The molecule has 1 nitrogen and oxygen atoms in total. The maximum absolute atomic E-state index is 13.5. The Morgan fingerprint density at radius 1 is 1.00 bits per heavy atom. The smallest absolute Gasteiger partial charge is 0.131 e. The van der Waals surface area contributed by atoms with Gasteiger partial charge in [0.25, 0.3) is 0 Å². The van der Waals surface area contributed by atoms with E-state index in [1.54, 1.807) is 24.5 Å². The van der Waals surface area contributed by atoms with Gasteiger partial charge in [0.15, 0.2) is 0 Å². The number of rotatable bonds is 1. The second-order valence-corrected chi connectivity index (χ2v) is 3.32. The minimum atomic E-state index is -0.417. The zero-order chi connectivity index (χ0) is 10.8. The first-order valence-corrected chi connectivity index (χ1v) is 4.54. The van der Waals surface area contributed by atoms with Crippen molar-refractivity contribution in [3.05, 3.63) is 53.9 Å². The number of hydrogen-bond donors (Lipinski definition) is 0. The molecule has 0 bridgehead atoms. The molecule has 0 fully saturated rings. The largest absolute Gasteiger partial charge is 0.265 e. The number of halogens is 2. The molecule has 0 aliphatic carbocycles. The fourth-order valence-corrected chi connectivity index (χ4v) is 1.40. The average molecular weight is 205 g/mol. The van der Waals surface area contributed by atoms with Gasteiger partial charge in [-0.25, -0.2) is 8.78 Å². The second-order valence-electron chi connectivity index (χ2n) is 3.32. The number of aromatic nitrogens is 1. The summed E-state index contributed by atoms with van der Waals surface area (Å²) in [6, 6.07) is 5.70. The lowest BCUT2D eigenvalue weighted by atomic mass is 10.0. The molecule has 0 spiro atoms. The Morgan fingerprint density at radius 2 is 1.67 bits per heavy atom. The lowest BCUT2D eigenvalue weighted by Gasteiger charge is -2.05. The fraction of sp³-hybridized carbons (Fsp3) is 0.0833. The highest BCUT2D eigenvalue weighted by atomic mass is 19.1. The van der Waals surface area contributed by atoms with Gasteiger partial charge in [-0.1, -0.05) is 0 Å². The Kier molecular flexibility index (Phi) is 2.46. The highest BCUT2D eigenvalue weighted by Crippen LogP contribution is 2.24. The summed E-state index contributed by atoms with van der Waals surface area (Å²) in [6.07, 6.45) is 3.10. The fourth-order valence-electron chi connectivity index (χ4n) is 1.40. The van der Waals surface area contributed by atoms with Crippen LogP contribution in [0.1, 0.15) is 5.56 Å². The third kappa shape index (κ3) is 1.86. The number of hydrogen-bond acceptors (Lipinski definition) is 1. The second kappa shape index (κ2) is 3.77. The standard InChI is InChI=1S/C12H9F2N/c1-8-6-12(14)10(7-11(8)13)9-2-4-15-5-3-9/h2-7H,1H3. The Labute approximate surface area is 86.4 Å². The summed E-state index contributed by atoms with van der Waals surface area (Å²) < 4.78 is 26.8. The van der Waals surface area contributed by atoms with Gasteiger partial charge < -0.3 is 0 Å². The third-order valence-corrected chi connectivity index (χ3v) is 2.24. The van der Waals surface area contributed by atoms with Crippen LogP contribution in [0.5, 0.6) is 0 Å². The molecule has 1 aromatic heterocycles. The Balaban J connectivity index is 2.59. The summed E-state index contributed by atoms with van der Waals surface area (Å²) >= 11 is 0. The SMILES string of the molecule is Cc1cc(F)c(-c2ccncc2)cc1F. The van der Waals surface area contributed by atoms with Crippen LogP contribution in [0.2, 0.25) is 0 Å². The first kappa shape index (κ1) is 9.77. The van der Waals surface area contributed by atoms with Crippen LogP contribution < -0.4 is 0 Å². The van der Waals surface area contributed by atoms with Crippen LogP contribution in [0, 0.1) is 18.6 Å². The van der Waals surface area contributed by atoms with E-state index in [1.807, 2.05) is 0 Å². The van der Waals surface area contributed by atoms with E-state index in [-0.39, 0.29) is 5.56 Å². The quantitative estimate of drug-likeness (QED) is 0.695. The topological polar surface area (TPSA) is 12.9 Å². The van der Waals surface area contributed by atoms with Crippen LogP contribution in [-0.2, 0) is 0 Å². The summed E-state index contributed by atoms with van der Waals surface area (Å²) in [6.45, 7) is 1.54. The van der Waals surface area contributed by atoms with Gasteiger partial charge in [-0.05, 0) is 42.3 Å². The highest BCUT2D eigenvalue weighted by Gasteiger charge is 2.08. The van der Waals surface area contributed by atoms with Gasteiger partial charge >= 0.3 is 0 Å². The van der Waals surface area contributed by atoms with Crippen molar-refractivity contribution in [2.45, 2.75) is 6.92 Å². The summed E-state index contributed by atoms with van der Waals surface area (Å²) in [7, 11) is 0. The van der Waals surface area contributed by atoms with Gasteiger partial charge in [0.2, 0.25) is 0 Å². The molecule has 1 aromatic carbocycles. The first-order chi connectivity index (χ1) is 7.18. The molecule has 0 saturated heterocycles. The van der Waals surface area contributed by atoms with Crippen molar-refractivity contribution in [1.82, 2.24) is 4.98 Å². The predicted octanol–water partition coefficient (Wildman–Crippen LogP) is 3.34. The normalized spacial score (nSPS) is 10.3. The monoisotopic (exact) mass is 205 g/mol. The molecule has 1 heterocycles. The molecule has 0 aliphatic heterocycles. The maximum atomic E-state index is 13.5. The van der Waals surface area contributed by atoms with E-state index in [0.717, 1.165) is 0 Å². The summed E-state index contributed by atoms with van der Waals surface area (Å²) in [5, 5.41) is 0. The van der Waals surface area contributed by atoms with E-state index >= 15 is 0 Å². The number of benzene rings is 1. The molecule has 15 heavy (non-hydrogen) atoms. The number of pyridine rings is 1. The summed E-state index contributed by atoms with van der Waals surface area (Å²) in [5.74, 6) is -0.816. The van der Waals surface area contributed by atoms with Crippen LogP contribution in [-0.4, -0.2) is 4.98 Å². The van der Waals surface area contributed by atoms with Crippen molar-refractivity contribution in [2.75, 3.05) is 0 Å². The number of aryl methyl sites for hydroxylation is 1. The van der Waals surface area contributed by atoms with Gasteiger partial charge in [-0.3, -0.25) is 4.98 Å². The van der Waals surface area contributed by atoms with Crippen molar-refractivity contribution < 1.29 is 8.78 Å². The van der Waals surface area contributed by atoms with E-state index < -0.39 is 11.6 Å². The number of nitrogens with zero attached hydrogens (tertiary/aromatic N) is 1. The molecular formula is C12H9F2N. The van der Waals surface area contributed by atoms with Crippen LogP contribution in [0.25, 0.3) is 11.1 Å². The Bertz CT molecular complexity index is 480. The van der Waals surface area contributed by atoms with Gasteiger partial charge in [0.1, 0.15) is 11.6 Å². The third-order valence-electron chi connectivity index (χ3n) is 2.24. The molecule has 0 unspecified atom stereocenters. The Morgan fingerprint density at radius 3 is 2.33 bits per heavy atom. The Hall–Kier alpha value is -1.77. The molecule has 3 heteroatoms. The van der Waals surface area contributed by atoms with E-state index in [2.05, 4.69) is 4.98 Å². The molecule has 2 aromatic rings. The summed E-state index contributed by atoms with van der Waals surface area (Å²) in [4.78, 5) is 3.82. The van der Waals surface area contributed by atoms with Gasteiger partial charge in [0, 0.05) is 18.0 Å². The van der Waals surface area contributed by atoms with E-state index in [4.69, 9.17) is 0 Å². The lowest BCUT2D eigenvalue weighted by molar-refractivity contribution is 0.595. The van der Waals surface area contributed by atoms with E-state index in [0.29, 0.717) is 11.1 Å². The first-order valence-electron chi connectivity index (χ1n) is 4.54. The molecule has 0 radical (unpaired) electrons. The highest BCUT2D eigenvalue weighted by molar-refractivity contribution is 5.63. The van der Waals surface area contributed by atoms with Crippen molar-refractivity contribution in [3.8, 4) is 11.1 Å². The summed E-state index contributed by atoms with van der Waals surface area (Å²) in [5.41, 5.74) is 1.20. The van der Waals surface area contributed by atoms with Gasteiger partial charge in [0.05, 0.1) is 0 Å². The van der Waals surface area contributed by atoms with E-state index in [9.17, 15) is 8.78 Å². The molecule has 76 valence electrons. The minimum Gasteiger partial charge on any atom is -0.265 e. The van der Waals surface area contributed by atoms with Gasteiger partial charge in [-0.2, -0.15) is 0 Å². The van der Waals surface area contributed by atoms with E-state index in [1.165, 1.54) is 19.1 Å².